The second-order valence-electron chi connectivity index (χ2n) is 8.14. The van der Waals surface area contributed by atoms with E-state index in [2.05, 4.69) is 21.9 Å². The van der Waals surface area contributed by atoms with E-state index in [9.17, 15) is 0 Å². The molecule has 1 saturated carbocycles. The fraction of sp³-hybridized carbons (Fsp3) is 0.714. The van der Waals surface area contributed by atoms with E-state index in [1.807, 2.05) is 12.1 Å². The van der Waals surface area contributed by atoms with Crippen LogP contribution in [0.2, 0.25) is 5.02 Å². The van der Waals surface area contributed by atoms with Gasteiger partial charge in [0.2, 0.25) is 0 Å². The monoisotopic (exact) mass is 362 g/mol. The van der Waals surface area contributed by atoms with Crippen LogP contribution in [0.5, 0.6) is 0 Å². The number of piperidine rings is 2. The van der Waals surface area contributed by atoms with Gasteiger partial charge in [0.25, 0.3) is 0 Å². The Labute approximate surface area is 157 Å². The van der Waals surface area contributed by atoms with Gasteiger partial charge in [-0.2, -0.15) is 0 Å². The van der Waals surface area contributed by atoms with Crippen molar-refractivity contribution in [3.05, 3.63) is 34.9 Å². The molecule has 3 nitrogen and oxygen atoms in total. The molecule has 0 aromatic heterocycles. The van der Waals surface area contributed by atoms with Crippen LogP contribution in [0.4, 0.5) is 0 Å². The van der Waals surface area contributed by atoms with Crippen LogP contribution in [0, 0.1) is 17.8 Å². The lowest BCUT2D eigenvalue weighted by Crippen LogP contribution is -2.31. The number of hydrogen-bond acceptors (Lipinski definition) is 3. The molecule has 2 heterocycles. The van der Waals surface area contributed by atoms with Crippen LogP contribution < -0.4 is 0 Å². The lowest BCUT2D eigenvalue weighted by Gasteiger charge is -2.26. The number of rotatable bonds is 8. The van der Waals surface area contributed by atoms with Gasteiger partial charge in [-0.25, -0.2) is 0 Å². The van der Waals surface area contributed by atoms with Gasteiger partial charge in [-0.05, 0) is 67.8 Å². The zero-order chi connectivity index (χ0) is 17.1. The molecule has 138 valence electrons. The number of ether oxygens (including phenoxy) is 1. The van der Waals surface area contributed by atoms with E-state index in [-0.39, 0.29) is 0 Å². The minimum absolute atomic E-state index is 0.825. The van der Waals surface area contributed by atoms with Crippen LogP contribution in [-0.2, 0) is 11.3 Å². The molecule has 1 unspecified atom stereocenters. The summed E-state index contributed by atoms with van der Waals surface area (Å²) in [5.74, 6) is 2.60. The van der Waals surface area contributed by atoms with E-state index in [1.165, 1.54) is 64.0 Å². The molecule has 0 amide bonds. The Morgan fingerprint density at radius 1 is 0.960 bits per heavy atom. The number of hydrogen-bond donors (Lipinski definition) is 0. The molecule has 3 atom stereocenters. The third kappa shape index (κ3) is 4.77. The SMILES string of the molecule is Clc1ccc(CN2C[C@@H]3C(COCCCN4CCCCC4)[C@@H]3C2)cc1. The molecule has 0 N–H and O–H groups in total. The van der Waals surface area contributed by atoms with E-state index >= 15 is 0 Å². The Morgan fingerprint density at radius 3 is 2.40 bits per heavy atom. The Hall–Kier alpha value is -0.610. The van der Waals surface area contributed by atoms with Crippen molar-refractivity contribution in [3.63, 3.8) is 0 Å². The summed E-state index contributed by atoms with van der Waals surface area (Å²) in [6.45, 7) is 9.32. The summed E-state index contributed by atoms with van der Waals surface area (Å²) in [4.78, 5) is 5.19. The Kier molecular flexibility index (Phi) is 5.97. The van der Waals surface area contributed by atoms with Crippen molar-refractivity contribution in [2.24, 2.45) is 17.8 Å². The summed E-state index contributed by atoms with van der Waals surface area (Å²) in [6, 6.07) is 8.28. The summed E-state index contributed by atoms with van der Waals surface area (Å²) >= 11 is 5.96. The third-order valence-corrected chi connectivity index (χ3v) is 6.54. The van der Waals surface area contributed by atoms with Gasteiger partial charge >= 0.3 is 0 Å². The molecule has 4 heteroatoms. The fourth-order valence-electron chi connectivity index (χ4n) is 4.75. The van der Waals surface area contributed by atoms with Crippen molar-refractivity contribution >= 4 is 11.6 Å². The highest BCUT2D eigenvalue weighted by Crippen LogP contribution is 2.52. The largest absolute Gasteiger partial charge is 0.381 e. The maximum atomic E-state index is 5.99. The smallest absolute Gasteiger partial charge is 0.0500 e. The highest BCUT2D eigenvalue weighted by molar-refractivity contribution is 6.30. The first-order chi connectivity index (χ1) is 12.3. The van der Waals surface area contributed by atoms with E-state index in [0.29, 0.717) is 0 Å². The molecule has 2 aliphatic heterocycles. The number of nitrogens with zero attached hydrogens (tertiary/aromatic N) is 2. The lowest BCUT2D eigenvalue weighted by molar-refractivity contribution is 0.0967. The maximum absolute atomic E-state index is 5.99. The molecule has 2 saturated heterocycles. The van der Waals surface area contributed by atoms with Gasteiger partial charge in [-0.3, -0.25) is 4.90 Å². The fourth-order valence-corrected chi connectivity index (χ4v) is 4.88. The van der Waals surface area contributed by atoms with Crippen molar-refractivity contribution in [3.8, 4) is 0 Å². The van der Waals surface area contributed by atoms with E-state index in [0.717, 1.165) is 42.5 Å². The first kappa shape index (κ1) is 17.8. The first-order valence-corrected chi connectivity index (χ1v) is 10.4. The van der Waals surface area contributed by atoms with Crippen molar-refractivity contribution < 1.29 is 4.74 Å². The van der Waals surface area contributed by atoms with Crippen molar-refractivity contribution in [1.29, 1.82) is 0 Å². The number of fused-ring (bicyclic) bond motifs is 1. The first-order valence-electron chi connectivity index (χ1n) is 10.1. The van der Waals surface area contributed by atoms with Crippen LogP contribution in [0.1, 0.15) is 31.2 Å². The summed E-state index contributed by atoms with van der Waals surface area (Å²) < 4.78 is 5.99. The predicted molar refractivity (Wildman–Crippen MR) is 103 cm³/mol. The third-order valence-electron chi connectivity index (χ3n) is 6.29. The summed E-state index contributed by atoms with van der Waals surface area (Å²) in [5, 5.41) is 0.825. The van der Waals surface area contributed by atoms with Gasteiger partial charge < -0.3 is 9.64 Å². The Balaban J connectivity index is 1.07. The summed E-state index contributed by atoms with van der Waals surface area (Å²) in [7, 11) is 0. The molecule has 3 aliphatic rings. The molecule has 3 fully saturated rings. The van der Waals surface area contributed by atoms with E-state index < -0.39 is 0 Å². The molecule has 25 heavy (non-hydrogen) atoms. The molecular weight excluding hydrogens is 332 g/mol. The number of halogens is 1. The van der Waals surface area contributed by atoms with Crippen LogP contribution >= 0.6 is 11.6 Å². The standard InChI is InChI=1S/C21H31ClN2O/c22-18-7-5-17(6-8-18)13-24-14-19-20(15-24)21(19)16-25-12-4-11-23-9-2-1-3-10-23/h5-8,19-21H,1-4,9-16H2/t19-,20+,21?. The lowest BCUT2D eigenvalue weighted by atomic mass is 10.1. The quantitative estimate of drug-likeness (QED) is 0.652. The number of likely N-dealkylation sites (tertiary alicyclic amines) is 2. The molecule has 1 aromatic rings. The van der Waals surface area contributed by atoms with Crippen LogP contribution in [-0.4, -0.2) is 55.7 Å². The summed E-state index contributed by atoms with van der Waals surface area (Å²) in [5.41, 5.74) is 1.37. The average Bonchev–Trinajstić information content (AvgIpc) is 3.09. The maximum Gasteiger partial charge on any atom is 0.0500 e. The number of benzene rings is 1. The van der Waals surface area contributed by atoms with Crippen molar-refractivity contribution in [2.75, 3.05) is 45.9 Å². The molecule has 0 radical (unpaired) electrons. The van der Waals surface area contributed by atoms with E-state index in [1.54, 1.807) is 0 Å². The van der Waals surface area contributed by atoms with Gasteiger partial charge in [0.15, 0.2) is 0 Å². The minimum atomic E-state index is 0.825. The Bertz CT molecular complexity index is 531. The zero-order valence-corrected chi connectivity index (χ0v) is 16.0. The highest BCUT2D eigenvalue weighted by atomic mass is 35.5. The van der Waals surface area contributed by atoms with Gasteiger partial charge in [-0.1, -0.05) is 30.2 Å². The second kappa shape index (κ2) is 8.39. The van der Waals surface area contributed by atoms with Gasteiger partial charge in [0.05, 0.1) is 6.61 Å². The van der Waals surface area contributed by atoms with E-state index in [4.69, 9.17) is 16.3 Å². The topological polar surface area (TPSA) is 15.7 Å². The minimum Gasteiger partial charge on any atom is -0.381 e. The van der Waals surface area contributed by atoms with Crippen LogP contribution in [0.25, 0.3) is 0 Å². The molecular formula is C21H31ClN2O. The van der Waals surface area contributed by atoms with Gasteiger partial charge in [-0.15, -0.1) is 0 Å². The van der Waals surface area contributed by atoms with Gasteiger partial charge in [0.1, 0.15) is 0 Å². The normalized spacial score (nSPS) is 29.7. The highest BCUT2D eigenvalue weighted by Gasteiger charge is 2.55. The van der Waals surface area contributed by atoms with Crippen LogP contribution in [0.15, 0.2) is 24.3 Å². The van der Waals surface area contributed by atoms with Crippen LogP contribution in [0.3, 0.4) is 0 Å². The average molecular weight is 363 g/mol. The second-order valence-corrected chi connectivity index (χ2v) is 8.58. The predicted octanol–water partition coefficient (Wildman–Crippen LogP) is 3.91. The molecule has 1 aromatic carbocycles. The van der Waals surface area contributed by atoms with Crippen molar-refractivity contribution in [1.82, 2.24) is 9.80 Å². The summed E-state index contributed by atoms with van der Waals surface area (Å²) in [6.07, 6.45) is 5.40. The molecule has 4 rings (SSSR count). The zero-order valence-electron chi connectivity index (χ0n) is 15.2. The molecule has 0 spiro atoms. The molecule has 1 aliphatic carbocycles. The molecule has 0 bridgehead atoms. The van der Waals surface area contributed by atoms with Crippen molar-refractivity contribution in [2.45, 2.75) is 32.2 Å². The van der Waals surface area contributed by atoms with Gasteiger partial charge in [0, 0.05) is 37.8 Å². The Morgan fingerprint density at radius 2 is 1.68 bits per heavy atom.